The van der Waals surface area contributed by atoms with E-state index in [1.54, 1.807) is 0 Å². The summed E-state index contributed by atoms with van der Waals surface area (Å²) in [5.74, 6) is 0. The van der Waals surface area contributed by atoms with E-state index in [2.05, 4.69) is 6.92 Å². The zero-order valence-electron chi connectivity index (χ0n) is 12.8. The molecule has 0 heterocycles. The summed E-state index contributed by atoms with van der Waals surface area (Å²) in [6, 6.07) is 9.94. The van der Waals surface area contributed by atoms with Crippen LogP contribution < -0.4 is 5.19 Å². The first-order chi connectivity index (χ1) is 9.79. The van der Waals surface area contributed by atoms with E-state index in [4.69, 9.17) is 18.0 Å². The van der Waals surface area contributed by atoms with Crippen LogP contribution in [0.1, 0.15) is 27.2 Å². The van der Waals surface area contributed by atoms with Crippen molar-refractivity contribution < 1.29 is 18.0 Å². The average molecular weight is 298 g/mol. The summed E-state index contributed by atoms with van der Waals surface area (Å²) in [5.41, 5.74) is 0. The van der Waals surface area contributed by atoms with Gasteiger partial charge >= 0.3 is 8.80 Å². The molecular formula is C15H26O4Si. The van der Waals surface area contributed by atoms with Crippen molar-refractivity contribution in [2.75, 3.05) is 33.0 Å². The van der Waals surface area contributed by atoms with Gasteiger partial charge in [-0.15, -0.1) is 0 Å². The van der Waals surface area contributed by atoms with Gasteiger partial charge in [-0.1, -0.05) is 37.3 Å². The molecule has 0 aromatic heterocycles. The van der Waals surface area contributed by atoms with Crippen LogP contribution in [0.2, 0.25) is 0 Å². The van der Waals surface area contributed by atoms with Crippen LogP contribution >= 0.6 is 0 Å². The first kappa shape index (κ1) is 17.3. The summed E-state index contributed by atoms with van der Waals surface area (Å²) in [6.45, 7) is 8.95. The molecule has 0 amide bonds. The zero-order chi connectivity index (χ0) is 14.7. The Morgan fingerprint density at radius 3 is 2.00 bits per heavy atom. The molecule has 114 valence electrons. The molecule has 0 N–H and O–H groups in total. The van der Waals surface area contributed by atoms with Gasteiger partial charge in [-0.05, 0) is 20.3 Å². The van der Waals surface area contributed by atoms with E-state index < -0.39 is 8.80 Å². The monoisotopic (exact) mass is 298 g/mol. The molecule has 0 bridgehead atoms. The second-order valence-electron chi connectivity index (χ2n) is 4.25. The maximum atomic E-state index is 6.01. The highest BCUT2D eigenvalue weighted by atomic mass is 28.4. The van der Waals surface area contributed by atoms with Gasteiger partial charge in [0.05, 0.1) is 13.2 Å². The van der Waals surface area contributed by atoms with Crippen molar-refractivity contribution >= 4 is 14.0 Å². The van der Waals surface area contributed by atoms with E-state index in [0.717, 1.165) is 18.2 Å². The molecule has 0 atom stereocenters. The quantitative estimate of drug-likeness (QED) is 0.464. The van der Waals surface area contributed by atoms with E-state index in [1.807, 2.05) is 44.2 Å². The van der Waals surface area contributed by atoms with Crippen molar-refractivity contribution in [3.05, 3.63) is 30.3 Å². The molecule has 0 spiro atoms. The minimum absolute atomic E-state index is 0.487. The molecule has 1 rings (SSSR count). The van der Waals surface area contributed by atoms with E-state index >= 15 is 0 Å². The average Bonchev–Trinajstić information content (AvgIpc) is 2.48. The SMILES string of the molecule is CCCOCCO[Si](OCC)(OCC)c1ccccc1. The molecule has 0 unspecified atom stereocenters. The van der Waals surface area contributed by atoms with Crippen molar-refractivity contribution in [3.63, 3.8) is 0 Å². The molecule has 0 fully saturated rings. The summed E-state index contributed by atoms with van der Waals surface area (Å²) in [4.78, 5) is 0. The normalized spacial score (nSPS) is 11.8. The van der Waals surface area contributed by atoms with Crippen LogP contribution in [0.5, 0.6) is 0 Å². The first-order valence-electron chi connectivity index (χ1n) is 7.34. The summed E-state index contributed by atoms with van der Waals surface area (Å²) >= 11 is 0. The molecule has 5 heteroatoms. The molecule has 0 aliphatic heterocycles. The lowest BCUT2D eigenvalue weighted by atomic mass is 10.4. The third kappa shape index (κ3) is 5.34. The second-order valence-corrected chi connectivity index (χ2v) is 6.80. The van der Waals surface area contributed by atoms with Crippen LogP contribution in [0.3, 0.4) is 0 Å². The molecule has 0 saturated carbocycles. The molecule has 0 saturated heterocycles. The molecule has 1 aromatic rings. The van der Waals surface area contributed by atoms with Crippen LogP contribution in [0.15, 0.2) is 30.3 Å². The van der Waals surface area contributed by atoms with Crippen LogP contribution in [0.25, 0.3) is 0 Å². The lowest BCUT2D eigenvalue weighted by Gasteiger charge is -2.29. The van der Waals surface area contributed by atoms with Crippen molar-refractivity contribution in [2.45, 2.75) is 27.2 Å². The van der Waals surface area contributed by atoms with Gasteiger partial charge in [0.1, 0.15) is 0 Å². The Labute approximate surface area is 123 Å². The van der Waals surface area contributed by atoms with Gasteiger partial charge in [-0.3, -0.25) is 0 Å². The highest BCUT2D eigenvalue weighted by Crippen LogP contribution is 2.11. The van der Waals surface area contributed by atoms with Gasteiger partial charge < -0.3 is 18.0 Å². The molecular weight excluding hydrogens is 272 g/mol. The summed E-state index contributed by atoms with van der Waals surface area (Å²) in [5, 5.41) is 0.999. The third-order valence-electron chi connectivity index (χ3n) is 2.66. The Bertz CT molecular complexity index is 339. The zero-order valence-corrected chi connectivity index (χ0v) is 13.8. The maximum Gasteiger partial charge on any atom is 0.537 e. The number of ether oxygens (including phenoxy) is 1. The molecule has 1 aromatic carbocycles. The van der Waals surface area contributed by atoms with Crippen LogP contribution in [0, 0.1) is 0 Å². The van der Waals surface area contributed by atoms with E-state index in [-0.39, 0.29) is 0 Å². The van der Waals surface area contributed by atoms with E-state index in [9.17, 15) is 0 Å². The van der Waals surface area contributed by atoms with Gasteiger partial charge in [0.25, 0.3) is 0 Å². The van der Waals surface area contributed by atoms with Crippen molar-refractivity contribution in [2.24, 2.45) is 0 Å². The Kier molecular flexibility index (Phi) is 8.72. The fourth-order valence-electron chi connectivity index (χ4n) is 1.88. The van der Waals surface area contributed by atoms with Gasteiger partial charge in [0.15, 0.2) is 0 Å². The maximum absolute atomic E-state index is 6.01. The number of hydrogen-bond donors (Lipinski definition) is 0. The Morgan fingerprint density at radius 2 is 1.45 bits per heavy atom. The van der Waals surface area contributed by atoms with Crippen molar-refractivity contribution in [1.82, 2.24) is 0 Å². The van der Waals surface area contributed by atoms with E-state index in [1.165, 1.54) is 0 Å². The van der Waals surface area contributed by atoms with Gasteiger partial charge in [0.2, 0.25) is 0 Å². The van der Waals surface area contributed by atoms with E-state index in [0.29, 0.717) is 26.4 Å². The smallest absolute Gasteiger partial charge is 0.379 e. The predicted octanol–water partition coefficient (Wildman–Crippen LogP) is 2.35. The largest absolute Gasteiger partial charge is 0.537 e. The fourth-order valence-corrected chi connectivity index (χ4v) is 4.34. The highest BCUT2D eigenvalue weighted by molar-refractivity contribution is 6.75. The molecule has 0 radical (unpaired) electrons. The molecule has 20 heavy (non-hydrogen) atoms. The first-order valence-corrected chi connectivity index (χ1v) is 9.06. The predicted molar refractivity (Wildman–Crippen MR) is 82.1 cm³/mol. The summed E-state index contributed by atoms with van der Waals surface area (Å²) in [7, 11) is -2.81. The lowest BCUT2D eigenvalue weighted by Crippen LogP contribution is -2.57. The van der Waals surface area contributed by atoms with Crippen molar-refractivity contribution in [3.8, 4) is 0 Å². The topological polar surface area (TPSA) is 36.9 Å². The van der Waals surface area contributed by atoms with Crippen LogP contribution in [0.4, 0.5) is 0 Å². The van der Waals surface area contributed by atoms with Crippen LogP contribution in [-0.4, -0.2) is 41.8 Å². The fraction of sp³-hybridized carbons (Fsp3) is 0.600. The minimum Gasteiger partial charge on any atom is -0.379 e. The summed E-state index contributed by atoms with van der Waals surface area (Å²) < 4.78 is 23.3. The van der Waals surface area contributed by atoms with Crippen molar-refractivity contribution in [1.29, 1.82) is 0 Å². The molecule has 4 nitrogen and oxygen atoms in total. The lowest BCUT2D eigenvalue weighted by molar-refractivity contribution is 0.0433. The Morgan fingerprint density at radius 1 is 0.800 bits per heavy atom. The van der Waals surface area contributed by atoms with Gasteiger partial charge in [0, 0.05) is 25.0 Å². The third-order valence-corrected chi connectivity index (χ3v) is 5.63. The Hall–Kier alpha value is -0.723. The Balaban J connectivity index is 2.72. The number of rotatable bonds is 11. The second kappa shape index (κ2) is 10.1. The number of benzene rings is 1. The minimum atomic E-state index is -2.81. The van der Waals surface area contributed by atoms with Crippen LogP contribution in [-0.2, 0) is 18.0 Å². The number of hydrogen-bond acceptors (Lipinski definition) is 4. The van der Waals surface area contributed by atoms with Gasteiger partial charge in [-0.25, -0.2) is 0 Å². The molecule has 0 aliphatic rings. The molecule has 0 aliphatic carbocycles. The standard InChI is InChI=1S/C15H26O4Si/c1-4-12-16-13-14-19-20(17-5-2,18-6-3)15-10-8-7-9-11-15/h7-11H,4-6,12-14H2,1-3H3. The highest BCUT2D eigenvalue weighted by Gasteiger charge is 2.43. The van der Waals surface area contributed by atoms with Gasteiger partial charge in [-0.2, -0.15) is 0 Å². The summed E-state index contributed by atoms with van der Waals surface area (Å²) in [6.07, 6.45) is 1.01.